The van der Waals surface area contributed by atoms with E-state index in [-0.39, 0.29) is 18.5 Å². The maximum atomic E-state index is 13.0. The van der Waals surface area contributed by atoms with Crippen LogP contribution in [0.2, 0.25) is 0 Å². The number of likely N-dealkylation sites (tertiary alicyclic amines) is 1. The quantitative estimate of drug-likeness (QED) is 0.636. The number of nitrogens with zero attached hydrogens (tertiary/aromatic N) is 1. The van der Waals surface area contributed by atoms with Crippen LogP contribution in [-0.4, -0.2) is 58.7 Å². The molecule has 2 aliphatic rings. The van der Waals surface area contributed by atoms with Crippen molar-refractivity contribution in [2.24, 2.45) is 5.92 Å². The highest BCUT2D eigenvalue weighted by Crippen LogP contribution is 2.33. The van der Waals surface area contributed by atoms with Gasteiger partial charge < -0.3 is 20.1 Å². The van der Waals surface area contributed by atoms with Crippen LogP contribution in [0.3, 0.4) is 0 Å². The summed E-state index contributed by atoms with van der Waals surface area (Å²) >= 11 is 0. The third-order valence-corrected chi connectivity index (χ3v) is 5.50. The van der Waals surface area contributed by atoms with E-state index in [9.17, 15) is 22.8 Å². The molecule has 0 unspecified atom stereocenters. The fraction of sp³-hybridized carbons (Fsp3) is 0.591. The number of nitrogens with one attached hydrogen (secondary N) is 1. The molecule has 0 aliphatic carbocycles. The third kappa shape index (κ3) is 6.69. The van der Waals surface area contributed by atoms with Crippen molar-refractivity contribution in [3.05, 3.63) is 35.9 Å². The molecule has 0 radical (unpaired) electrons. The molecule has 1 aromatic rings. The van der Waals surface area contributed by atoms with E-state index >= 15 is 0 Å². The highest BCUT2D eigenvalue weighted by Gasteiger charge is 2.51. The fourth-order valence-electron chi connectivity index (χ4n) is 3.92. The third-order valence-electron chi connectivity index (χ3n) is 5.50. The summed E-state index contributed by atoms with van der Waals surface area (Å²) in [5.74, 6) is -2.66. The summed E-state index contributed by atoms with van der Waals surface area (Å²) in [6, 6.07) is 9.16. The average Bonchev–Trinajstić information content (AvgIpc) is 3.33. The molecule has 0 saturated carbocycles. The van der Waals surface area contributed by atoms with Crippen LogP contribution < -0.4 is 5.32 Å². The van der Waals surface area contributed by atoms with Crippen LogP contribution in [0.5, 0.6) is 0 Å². The second-order valence-electron chi connectivity index (χ2n) is 8.40. The van der Waals surface area contributed by atoms with Crippen molar-refractivity contribution < 1.29 is 37.4 Å². The Morgan fingerprint density at radius 3 is 2.34 bits per heavy atom. The number of amides is 1. The maximum Gasteiger partial charge on any atom is 0.490 e. The number of aliphatic carboxylic acids is 1. The van der Waals surface area contributed by atoms with E-state index in [1.54, 1.807) is 4.90 Å². The fourth-order valence-corrected chi connectivity index (χ4v) is 3.92. The number of hydrogen-bond donors (Lipinski definition) is 2. The topological polar surface area (TPSA) is 95.9 Å². The molecule has 7 nitrogen and oxygen atoms in total. The van der Waals surface area contributed by atoms with Crippen molar-refractivity contribution in [1.82, 2.24) is 10.2 Å². The van der Waals surface area contributed by atoms with Crippen LogP contribution in [0.25, 0.3) is 0 Å². The summed E-state index contributed by atoms with van der Waals surface area (Å²) < 4.78 is 37.3. The Labute approximate surface area is 184 Å². The molecule has 1 amide bonds. The van der Waals surface area contributed by atoms with E-state index in [0.29, 0.717) is 18.9 Å². The molecule has 2 atom stereocenters. The van der Waals surface area contributed by atoms with Crippen molar-refractivity contribution in [2.45, 2.75) is 63.9 Å². The van der Waals surface area contributed by atoms with Crippen LogP contribution >= 0.6 is 0 Å². The predicted octanol–water partition coefficient (Wildman–Crippen LogP) is 3.13. The number of carboxylic acids is 1. The molecule has 2 heterocycles. The molecule has 2 saturated heterocycles. The highest BCUT2D eigenvalue weighted by atomic mass is 19.4. The van der Waals surface area contributed by atoms with E-state index < -0.39 is 23.7 Å². The van der Waals surface area contributed by atoms with Gasteiger partial charge in [-0.25, -0.2) is 9.59 Å². The van der Waals surface area contributed by atoms with E-state index in [1.165, 1.54) is 0 Å². The zero-order valence-corrected chi connectivity index (χ0v) is 18.2. The molecule has 3 rings (SSSR count). The number of alkyl halides is 3. The molecule has 1 spiro atoms. The molecule has 2 aliphatic heterocycles. The van der Waals surface area contributed by atoms with Gasteiger partial charge in [0.15, 0.2) is 0 Å². The zero-order chi connectivity index (χ0) is 23.9. The smallest absolute Gasteiger partial charge is 0.475 e. The molecular formula is C22H29F3N2O5. The lowest BCUT2D eigenvalue weighted by atomic mass is 9.95. The summed E-state index contributed by atoms with van der Waals surface area (Å²) in [6.07, 6.45) is -1.77. The summed E-state index contributed by atoms with van der Waals surface area (Å²) in [7, 11) is 0. The largest absolute Gasteiger partial charge is 0.490 e. The lowest BCUT2D eigenvalue weighted by Gasteiger charge is -2.29. The Balaban J connectivity index is 0.000000451. The standard InChI is InChI=1S/C20H28N2O3.C2HF3O2/c1-15(2)13-17(18(23)25-14-16-7-4-3-5-8-16)22-12-10-20(19(22)24)9-6-11-21-20;3-2(4,5)1(6)7/h3-5,7-8,15,17,21H,6,9-14H2,1-2H3;(H,6,7)/t17-,20-;/m1./s1. The molecule has 178 valence electrons. The first-order valence-electron chi connectivity index (χ1n) is 10.5. The lowest BCUT2D eigenvalue weighted by Crippen LogP contribution is -2.52. The minimum atomic E-state index is -5.08. The number of carboxylic acid groups (broad SMARTS) is 1. The number of carbonyl (C=O) groups is 3. The van der Waals surface area contributed by atoms with Crippen LogP contribution in [0.1, 0.15) is 45.1 Å². The van der Waals surface area contributed by atoms with Gasteiger partial charge in [0.05, 0.1) is 5.54 Å². The van der Waals surface area contributed by atoms with Crippen molar-refractivity contribution in [3.8, 4) is 0 Å². The summed E-state index contributed by atoms with van der Waals surface area (Å²) in [6.45, 7) is 5.90. The molecule has 32 heavy (non-hydrogen) atoms. The monoisotopic (exact) mass is 458 g/mol. The van der Waals surface area contributed by atoms with Gasteiger partial charge in [-0.1, -0.05) is 44.2 Å². The summed E-state index contributed by atoms with van der Waals surface area (Å²) in [5, 5.41) is 10.5. The number of ether oxygens (including phenoxy) is 1. The Bertz CT molecular complexity index is 793. The number of carbonyl (C=O) groups excluding carboxylic acids is 2. The van der Waals surface area contributed by atoms with Gasteiger partial charge in [0.25, 0.3) is 0 Å². The maximum absolute atomic E-state index is 13.0. The van der Waals surface area contributed by atoms with Gasteiger partial charge in [0, 0.05) is 6.54 Å². The Kier molecular flexibility index (Phi) is 8.65. The molecule has 2 N–H and O–H groups in total. The van der Waals surface area contributed by atoms with Crippen molar-refractivity contribution in [2.75, 3.05) is 13.1 Å². The molecule has 10 heteroatoms. The van der Waals surface area contributed by atoms with Crippen LogP contribution in [0, 0.1) is 5.92 Å². The number of halogens is 3. The highest BCUT2D eigenvalue weighted by molar-refractivity contribution is 5.92. The van der Waals surface area contributed by atoms with Gasteiger partial charge >= 0.3 is 18.1 Å². The molecule has 0 bridgehead atoms. The Morgan fingerprint density at radius 1 is 1.22 bits per heavy atom. The molecule has 0 aromatic heterocycles. The first kappa shape index (κ1) is 25.6. The Hall–Kier alpha value is -2.62. The SMILES string of the molecule is CC(C)C[C@H](C(=O)OCc1ccccc1)N1CC[C@]2(CCCN2)C1=O.O=C(O)C(F)(F)F. The number of benzene rings is 1. The van der Waals surface area contributed by atoms with Crippen LogP contribution in [0.4, 0.5) is 13.2 Å². The minimum Gasteiger partial charge on any atom is -0.475 e. The first-order valence-corrected chi connectivity index (χ1v) is 10.5. The second kappa shape index (κ2) is 10.8. The zero-order valence-electron chi connectivity index (χ0n) is 18.2. The van der Waals surface area contributed by atoms with E-state index in [2.05, 4.69) is 19.2 Å². The van der Waals surface area contributed by atoms with Crippen LogP contribution in [0.15, 0.2) is 30.3 Å². The normalized spacial score (nSPS) is 21.4. The van der Waals surface area contributed by atoms with Crippen molar-refractivity contribution >= 4 is 17.8 Å². The van der Waals surface area contributed by atoms with Gasteiger partial charge in [0.2, 0.25) is 5.91 Å². The van der Waals surface area contributed by atoms with Crippen molar-refractivity contribution in [3.63, 3.8) is 0 Å². The minimum absolute atomic E-state index is 0.0762. The van der Waals surface area contributed by atoms with Crippen LogP contribution in [-0.2, 0) is 25.7 Å². The predicted molar refractivity (Wildman–Crippen MR) is 109 cm³/mol. The van der Waals surface area contributed by atoms with E-state index in [4.69, 9.17) is 14.6 Å². The van der Waals surface area contributed by atoms with Gasteiger partial charge in [-0.05, 0) is 43.7 Å². The van der Waals surface area contributed by atoms with E-state index in [1.807, 2.05) is 30.3 Å². The summed E-state index contributed by atoms with van der Waals surface area (Å²) in [4.78, 5) is 36.4. The number of esters is 1. The van der Waals surface area contributed by atoms with Gasteiger partial charge in [0.1, 0.15) is 12.6 Å². The second-order valence-corrected chi connectivity index (χ2v) is 8.40. The molecular weight excluding hydrogens is 429 g/mol. The Morgan fingerprint density at radius 2 is 1.84 bits per heavy atom. The molecule has 2 fully saturated rings. The summed E-state index contributed by atoms with van der Waals surface area (Å²) in [5.41, 5.74) is 0.524. The molecule has 1 aromatic carbocycles. The number of rotatable bonds is 6. The first-order chi connectivity index (χ1) is 15.0. The van der Waals surface area contributed by atoms with Gasteiger partial charge in [-0.3, -0.25) is 4.79 Å². The van der Waals surface area contributed by atoms with E-state index in [0.717, 1.165) is 31.4 Å². The van der Waals surface area contributed by atoms with Gasteiger partial charge in [-0.15, -0.1) is 0 Å². The lowest BCUT2D eigenvalue weighted by molar-refractivity contribution is -0.192. The average molecular weight is 458 g/mol. The van der Waals surface area contributed by atoms with Gasteiger partial charge in [-0.2, -0.15) is 13.2 Å². The number of hydrogen-bond acceptors (Lipinski definition) is 5. The van der Waals surface area contributed by atoms with Crippen molar-refractivity contribution in [1.29, 1.82) is 0 Å².